The number of halogens is 1. The molecule has 1 N–H and O–H groups in total. The van der Waals surface area contributed by atoms with Crippen LogP contribution in [0, 0.1) is 0 Å². The fraction of sp³-hybridized carbons (Fsp3) is 0. The standard InChI is InChI=1S/C23H15ClN2O3S/c24-17-10-8-16(9-11-17)22(28)29-19-12-6-15(7-13-19)14-20-21(27)26-23(30-20)25-18-4-2-1-3-5-18/h1-14H,(H,25,26,27). The molecular weight excluding hydrogens is 420 g/mol. The molecule has 1 saturated heterocycles. The highest BCUT2D eigenvalue weighted by atomic mass is 35.5. The number of carbonyl (C=O) groups excluding carboxylic acids is 2. The quantitative estimate of drug-likeness (QED) is 0.337. The molecule has 148 valence electrons. The van der Waals surface area contributed by atoms with Crippen LogP contribution in [-0.2, 0) is 4.79 Å². The Bertz CT molecular complexity index is 1140. The van der Waals surface area contributed by atoms with Gasteiger partial charge in [0.25, 0.3) is 5.91 Å². The average Bonchev–Trinajstić information content (AvgIpc) is 3.09. The number of hydrogen-bond donors (Lipinski definition) is 1. The van der Waals surface area contributed by atoms with Crippen LogP contribution in [-0.4, -0.2) is 17.0 Å². The van der Waals surface area contributed by atoms with Gasteiger partial charge in [-0.3, -0.25) is 4.79 Å². The van der Waals surface area contributed by atoms with Crippen molar-refractivity contribution in [1.82, 2.24) is 5.32 Å². The highest BCUT2D eigenvalue weighted by Crippen LogP contribution is 2.28. The van der Waals surface area contributed by atoms with Crippen molar-refractivity contribution in [2.24, 2.45) is 4.99 Å². The molecule has 1 heterocycles. The number of carbonyl (C=O) groups is 2. The van der Waals surface area contributed by atoms with E-state index >= 15 is 0 Å². The van der Waals surface area contributed by atoms with E-state index in [-0.39, 0.29) is 5.91 Å². The predicted octanol–water partition coefficient (Wildman–Crippen LogP) is 5.45. The van der Waals surface area contributed by atoms with Gasteiger partial charge in [-0.1, -0.05) is 41.9 Å². The van der Waals surface area contributed by atoms with E-state index in [1.54, 1.807) is 54.6 Å². The summed E-state index contributed by atoms with van der Waals surface area (Å²) in [5, 5.41) is 3.84. The summed E-state index contributed by atoms with van der Waals surface area (Å²) in [4.78, 5) is 29.3. The Kier molecular flexibility index (Phi) is 5.97. The monoisotopic (exact) mass is 434 g/mol. The number of rotatable bonds is 4. The lowest BCUT2D eigenvalue weighted by molar-refractivity contribution is -0.115. The van der Waals surface area contributed by atoms with Crippen LogP contribution in [0.3, 0.4) is 0 Å². The molecule has 1 amide bonds. The van der Waals surface area contributed by atoms with Gasteiger partial charge in [-0.15, -0.1) is 0 Å². The van der Waals surface area contributed by atoms with Crippen LogP contribution in [0.15, 0.2) is 88.8 Å². The third-order valence-corrected chi connectivity index (χ3v) is 5.27. The van der Waals surface area contributed by atoms with E-state index in [9.17, 15) is 9.59 Å². The molecule has 0 atom stereocenters. The van der Waals surface area contributed by atoms with Gasteiger partial charge in [-0.05, 0) is 71.9 Å². The number of hydrogen-bond acceptors (Lipinski definition) is 5. The first-order valence-corrected chi connectivity index (χ1v) is 10.2. The third-order valence-electron chi connectivity index (χ3n) is 4.11. The van der Waals surface area contributed by atoms with Crippen molar-refractivity contribution in [3.63, 3.8) is 0 Å². The minimum absolute atomic E-state index is 0.201. The second kappa shape index (κ2) is 8.98. The number of aliphatic imine (C=N–C) groups is 1. The molecule has 3 aromatic rings. The molecule has 0 radical (unpaired) electrons. The van der Waals surface area contributed by atoms with Crippen molar-refractivity contribution in [2.45, 2.75) is 0 Å². The van der Waals surface area contributed by atoms with Crippen molar-refractivity contribution in [2.75, 3.05) is 0 Å². The summed E-state index contributed by atoms with van der Waals surface area (Å²) in [7, 11) is 0. The number of amidine groups is 1. The molecule has 5 nitrogen and oxygen atoms in total. The number of amides is 1. The molecule has 0 aromatic heterocycles. The van der Waals surface area contributed by atoms with Crippen LogP contribution in [0.2, 0.25) is 5.02 Å². The SMILES string of the molecule is O=C1NC(=Nc2ccccc2)SC1=Cc1ccc(OC(=O)c2ccc(Cl)cc2)cc1. The van der Waals surface area contributed by atoms with Crippen LogP contribution in [0.5, 0.6) is 5.75 Å². The zero-order valence-corrected chi connectivity index (χ0v) is 17.1. The Hall–Kier alpha value is -3.35. The number of nitrogens with zero attached hydrogens (tertiary/aromatic N) is 1. The van der Waals surface area contributed by atoms with E-state index in [1.807, 2.05) is 30.3 Å². The van der Waals surface area contributed by atoms with Gasteiger partial charge in [0, 0.05) is 5.02 Å². The van der Waals surface area contributed by atoms with E-state index in [0.29, 0.717) is 26.4 Å². The van der Waals surface area contributed by atoms with Gasteiger partial charge in [0.2, 0.25) is 0 Å². The predicted molar refractivity (Wildman–Crippen MR) is 120 cm³/mol. The summed E-state index contributed by atoms with van der Waals surface area (Å²) in [6.07, 6.45) is 1.76. The van der Waals surface area contributed by atoms with E-state index in [1.165, 1.54) is 11.8 Å². The molecular formula is C23H15ClN2O3S. The molecule has 0 saturated carbocycles. The Morgan fingerprint density at radius 2 is 1.67 bits per heavy atom. The first-order valence-electron chi connectivity index (χ1n) is 8.99. The molecule has 3 aromatic carbocycles. The maximum atomic E-state index is 12.2. The molecule has 0 bridgehead atoms. The smallest absolute Gasteiger partial charge is 0.343 e. The molecule has 1 aliphatic rings. The summed E-state index contributed by atoms with van der Waals surface area (Å²) in [5.74, 6) is -0.259. The lowest BCUT2D eigenvalue weighted by Gasteiger charge is -2.05. The van der Waals surface area contributed by atoms with Crippen molar-refractivity contribution in [1.29, 1.82) is 0 Å². The maximum absolute atomic E-state index is 12.2. The number of thioether (sulfide) groups is 1. The van der Waals surface area contributed by atoms with Gasteiger partial charge in [0.1, 0.15) is 5.75 Å². The average molecular weight is 435 g/mol. The Morgan fingerprint density at radius 1 is 0.967 bits per heavy atom. The molecule has 30 heavy (non-hydrogen) atoms. The highest BCUT2D eigenvalue weighted by molar-refractivity contribution is 8.18. The van der Waals surface area contributed by atoms with Crippen LogP contribution in [0.4, 0.5) is 5.69 Å². The second-order valence-corrected chi connectivity index (χ2v) is 7.75. The van der Waals surface area contributed by atoms with Gasteiger partial charge in [0.15, 0.2) is 5.17 Å². The van der Waals surface area contributed by atoms with Crippen molar-refractivity contribution in [3.05, 3.63) is 99.9 Å². The molecule has 1 aliphatic heterocycles. The van der Waals surface area contributed by atoms with Gasteiger partial charge in [-0.2, -0.15) is 0 Å². The topological polar surface area (TPSA) is 67.8 Å². The molecule has 4 rings (SSSR count). The lowest BCUT2D eigenvalue weighted by atomic mass is 10.2. The van der Waals surface area contributed by atoms with Crippen LogP contribution in [0.25, 0.3) is 6.08 Å². The van der Waals surface area contributed by atoms with Crippen molar-refractivity contribution >= 4 is 52.2 Å². The highest BCUT2D eigenvalue weighted by Gasteiger charge is 2.23. The van der Waals surface area contributed by atoms with Gasteiger partial charge >= 0.3 is 5.97 Å². The Labute approximate surface area is 182 Å². The maximum Gasteiger partial charge on any atom is 0.343 e. The number of esters is 1. The van der Waals surface area contributed by atoms with Gasteiger partial charge in [0.05, 0.1) is 16.2 Å². The van der Waals surface area contributed by atoms with E-state index < -0.39 is 5.97 Å². The summed E-state index contributed by atoms with van der Waals surface area (Å²) in [5.41, 5.74) is 1.99. The summed E-state index contributed by atoms with van der Waals surface area (Å²) in [6.45, 7) is 0. The largest absolute Gasteiger partial charge is 0.423 e. The number of ether oxygens (including phenoxy) is 1. The summed E-state index contributed by atoms with van der Waals surface area (Å²) >= 11 is 7.10. The zero-order valence-electron chi connectivity index (χ0n) is 15.5. The molecule has 0 unspecified atom stereocenters. The molecule has 0 spiro atoms. The number of benzene rings is 3. The normalized spacial score (nSPS) is 16.0. The van der Waals surface area contributed by atoms with Crippen LogP contribution in [0.1, 0.15) is 15.9 Å². The van der Waals surface area contributed by atoms with Crippen LogP contribution < -0.4 is 10.1 Å². The summed E-state index contributed by atoms with van der Waals surface area (Å²) in [6, 6.07) is 22.8. The molecule has 0 aliphatic carbocycles. The second-order valence-electron chi connectivity index (χ2n) is 6.28. The fourth-order valence-electron chi connectivity index (χ4n) is 2.64. The molecule has 7 heteroatoms. The van der Waals surface area contributed by atoms with Crippen LogP contribution >= 0.6 is 23.4 Å². The summed E-state index contributed by atoms with van der Waals surface area (Å²) < 4.78 is 5.36. The Morgan fingerprint density at radius 3 is 2.37 bits per heavy atom. The van der Waals surface area contributed by atoms with E-state index in [2.05, 4.69) is 10.3 Å². The van der Waals surface area contributed by atoms with E-state index in [0.717, 1.165) is 11.3 Å². The minimum atomic E-state index is -0.467. The number of para-hydroxylation sites is 1. The Balaban J connectivity index is 1.43. The minimum Gasteiger partial charge on any atom is -0.423 e. The first-order chi connectivity index (χ1) is 14.6. The van der Waals surface area contributed by atoms with E-state index in [4.69, 9.17) is 16.3 Å². The fourth-order valence-corrected chi connectivity index (χ4v) is 3.60. The zero-order chi connectivity index (χ0) is 20.9. The third kappa shape index (κ3) is 4.97. The van der Waals surface area contributed by atoms with Gasteiger partial charge < -0.3 is 10.1 Å². The molecule has 1 fully saturated rings. The lowest BCUT2D eigenvalue weighted by Crippen LogP contribution is -2.19. The first kappa shape index (κ1) is 19.9. The van der Waals surface area contributed by atoms with Crippen molar-refractivity contribution < 1.29 is 14.3 Å². The van der Waals surface area contributed by atoms with Crippen molar-refractivity contribution in [3.8, 4) is 5.75 Å². The number of nitrogens with one attached hydrogen (secondary N) is 1. The van der Waals surface area contributed by atoms with Gasteiger partial charge in [-0.25, -0.2) is 9.79 Å².